The summed E-state index contributed by atoms with van der Waals surface area (Å²) in [5, 5.41) is 10.7. The molecule has 2 rings (SSSR count). The van der Waals surface area contributed by atoms with E-state index < -0.39 is 16.3 Å². The highest BCUT2D eigenvalue weighted by Gasteiger charge is 2.41. The van der Waals surface area contributed by atoms with Gasteiger partial charge in [-0.3, -0.25) is 19.7 Å². The van der Waals surface area contributed by atoms with Crippen LogP contribution in [0.5, 0.6) is 0 Å². The van der Waals surface area contributed by atoms with Gasteiger partial charge in [0, 0.05) is 18.6 Å². The van der Waals surface area contributed by atoms with Crippen molar-refractivity contribution in [2.75, 3.05) is 6.61 Å². The number of nitro benzene ring substituents is 1. The van der Waals surface area contributed by atoms with Crippen molar-refractivity contribution in [3.63, 3.8) is 0 Å². The van der Waals surface area contributed by atoms with Crippen molar-refractivity contribution in [2.24, 2.45) is 0 Å². The number of rotatable bonds is 4. The molecule has 6 heteroatoms. The van der Waals surface area contributed by atoms with Gasteiger partial charge in [-0.05, 0) is 25.0 Å². The van der Waals surface area contributed by atoms with Crippen LogP contribution in [0.3, 0.4) is 0 Å². The number of carbonyl (C=O) groups excluding carboxylic acids is 2. The Balaban J connectivity index is 2.45. The second-order valence-electron chi connectivity index (χ2n) is 4.80. The fourth-order valence-corrected chi connectivity index (χ4v) is 2.39. The van der Waals surface area contributed by atoms with Gasteiger partial charge in [0.05, 0.1) is 11.5 Å². The van der Waals surface area contributed by atoms with Gasteiger partial charge in [0.25, 0.3) is 5.69 Å². The van der Waals surface area contributed by atoms with Crippen molar-refractivity contribution in [1.82, 2.24) is 0 Å². The quantitative estimate of drug-likeness (QED) is 0.482. The van der Waals surface area contributed by atoms with E-state index in [9.17, 15) is 19.7 Å². The lowest BCUT2D eigenvalue weighted by Gasteiger charge is -2.30. The minimum Gasteiger partial charge on any atom is -0.465 e. The first-order valence-electron chi connectivity index (χ1n) is 6.64. The zero-order valence-electron chi connectivity index (χ0n) is 11.6. The first-order chi connectivity index (χ1) is 9.99. The highest BCUT2D eigenvalue weighted by atomic mass is 16.6. The molecule has 0 amide bonds. The van der Waals surface area contributed by atoms with E-state index in [-0.39, 0.29) is 24.5 Å². The first kappa shape index (κ1) is 14.9. The molecule has 0 aromatic heterocycles. The fraction of sp³-hybridized carbons (Fsp3) is 0.333. The molecule has 1 unspecified atom stereocenters. The summed E-state index contributed by atoms with van der Waals surface area (Å²) < 4.78 is 5.12. The predicted octanol–water partition coefficient (Wildman–Crippen LogP) is 2.31. The van der Waals surface area contributed by atoms with Gasteiger partial charge in [0.15, 0.2) is 5.78 Å². The van der Waals surface area contributed by atoms with Crippen molar-refractivity contribution >= 4 is 17.4 Å². The van der Waals surface area contributed by atoms with Crippen LogP contribution in [0.2, 0.25) is 0 Å². The Morgan fingerprint density at radius 2 is 2.05 bits per heavy atom. The van der Waals surface area contributed by atoms with Crippen LogP contribution in [-0.4, -0.2) is 23.3 Å². The van der Waals surface area contributed by atoms with Crippen LogP contribution in [0.1, 0.15) is 25.3 Å². The molecule has 0 heterocycles. The second kappa shape index (κ2) is 5.87. The topological polar surface area (TPSA) is 86.5 Å². The molecule has 21 heavy (non-hydrogen) atoms. The zero-order chi connectivity index (χ0) is 15.5. The van der Waals surface area contributed by atoms with Gasteiger partial charge in [-0.2, -0.15) is 0 Å². The standard InChI is InChI=1S/C15H15NO5/c1-2-21-14(18)15(9-7-13(17)8-10-15)11-3-5-12(6-4-11)16(19)20/h3-7,9H,2,8,10H2,1H3. The second-order valence-corrected chi connectivity index (χ2v) is 4.80. The largest absolute Gasteiger partial charge is 0.465 e. The molecule has 1 aromatic carbocycles. The lowest BCUT2D eigenvalue weighted by Crippen LogP contribution is -2.38. The molecule has 0 N–H and O–H groups in total. The summed E-state index contributed by atoms with van der Waals surface area (Å²) in [5.74, 6) is -0.487. The van der Waals surface area contributed by atoms with Crippen molar-refractivity contribution in [1.29, 1.82) is 0 Å². The molecule has 0 saturated carbocycles. The van der Waals surface area contributed by atoms with E-state index in [1.807, 2.05) is 0 Å². The maximum atomic E-state index is 12.3. The van der Waals surface area contributed by atoms with Gasteiger partial charge < -0.3 is 4.74 Å². The van der Waals surface area contributed by atoms with Crippen LogP contribution in [0.15, 0.2) is 36.4 Å². The van der Waals surface area contributed by atoms with Gasteiger partial charge >= 0.3 is 5.97 Å². The van der Waals surface area contributed by atoms with E-state index in [1.54, 1.807) is 6.92 Å². The monoisotopic (exact) mass is 289 g/mol. The Morgan fingerprint density at radius 1 is 1.38 bits per heavy atom. The molecule has 0 spiro atoms. The molecular formula is C15H15NO5. The van der Waals surface area contributed by atoms with Crippen LogP contribution >= 0.6 is 0 Å². The first-order valence-corrected chi connectivity index (χ1v) is 6.64. The molecule has 1 atom stereocenters. The number of allylic oxidation sites excluding steroid dienone is 1. The van der Waals surface area contributed by atoms with E-state index >= 15 is 0 Å². The number of carbonyl (C=O) groups is 2. The SMILES string of the molecule is CCOC(=O)C1(c2ccc([N+](=O)[O-])cc2)C=CC(=O)CC1. The zero-order valence-corrected chi connectivity index (χ0v) is 11.6. The van der Waals surface area contributed by atoms with Crippen molar-refractivity contribution in [2.45, 2.75) is 25.2 Å². The predicted molar refractivity (Wildman–Crippen MR) is 74.8 cm³/mol. The van der Waals surface area contributed by atoms with E-state index in [4.69, 9.17) is 4.74 Å². The molecule has 110 valence electrons. The number of non-ortho nitro benzene ring substituents is 1. The summed E-state index contributed by atoms with van der Waals surface area (Å²) in [5.41, 5.74) is -0.497. The summed E-state index contributed by atoms with van der Waals surface area (Å²) in [7, 11) is 0. The van der Waals surface area contributed by atoms with Crippen molar-refractivity contribution in [3.05, 3.63) is 52.1 Å². The van der Waals surface area contributed by atoms with E-state index in [0.717, 1.165) is 0 Å². The fourth-order valence-electron chi connectivity index (χ4n) is 2.39. The number of benzene rings is 1. The van der Waals surface area contributed by atoms with Crippen LogP contribution in [0.4, 0.5) is 5.69 Å². The highest BCUT2D eigenvalue weighted by Crippen LogP contribution is 2.36. The molecule has 6 nitrogen and oxygen atoms in total. The lowest BCUT2D eigenvalue weighted by molar-refractivity contribution is -0.384. The molecule has 1 aliphatic rings. The lowest BCUT2D eigenvalue weighted by atomic mass is 9.73. The number of esters is 1. The average Bonchev–Trinajstić information content (AvgIpc) is 2.48. The van der Waals surface area contributed by atoms with E-state index in [0.29, 0.717) is 12.0 Å². The van der Waals surface area contributed by atoms with E-state index in [2.05, 4.69) is 0 Å². The Bertz CT molecular complexity index is 605. The normalized spacial score (nSPS) is 21.1. The minimum absolute atomic E-state index is 0.0446. The molecule has 0 bridgehead atoms. The van der Waals surface area contributed by atoms with Crippen LogP contribution < -0.4 is 0 Å². The molecule has 0 saturated heterocycles. The third kappa shape index (κ3) is 2.84. The molecule has 0 aliphatic heterocycles. The molecular weight excluding hydrogens is 274 g/mol. The summed E-state index contributed by atoms with van der Waals surface area (Å²) in [6.07, 6.45) is 3.46. The van der Waals surface area contributed by atoms with Crippen LogP contribution in [0.25, 0.3) is 0 Å². The number of nitro groups is 1. The molecule has 1 aliphatic carbocycles. The van der Waals surface area contributed by atoms with Gasteiger partial charge in [0.2, 0.25) is 0 Å². The van der Waals surface area contributed by atoms with E-state index in [1.165, 1.54) is 36.4 Å². The molecule has 0 fully saturated rings. The third-order valence-corrected chi connectivity index (χ3v) is 3.55. The maximum Gasteiger partial charge on any atom is 0.320 e. The maximum absolute atomic E-state index is 12.3. The summed E-state index contributed by atoms with van der Waals surface area (Å²) >= 11 is 0. The number of hydrogen-bond donors (Lipinski definition) is 0. The Morgan fingerprint density at radius 3 is 2.52 bits per heavy atom. The molecule has 1 aromatic rings. The molecule has 0 radical (unpaired) electrons. The van der Waals surface area contributed by atoms with Gasteiger partial charge in [0.1, 0.15) is 5.41 Å². The van der Waals surface area contributed by atoms with Gasteiger partial charge in [-0.1, -0.05) is 18.2 Å². The van der Waals surface area contributed by atoms with Crippen molar-refractivity contribution in [3.8, 4) is 0 Å². The van der Waals surface area contributed by atoms with Gasteiger partial charge in [-0.25, -0.2) is 0 Å². The summed E-state index contributed by atoms with van der Waals surface area (Å²) in [4.78, 5) is 33.9. The number of ether oxygens (including phenoxy) is 1. The summed E-state index contributed by atoms with van der Waals surface area (Å²) in [6.45, 7) is 1.94. The Hall–Kier alpha value is -2.50. The average molecular weight is 289 g/mol. The number of ketones is 1. The van der Waals surface area contributed by atoms with Crippen LogP contribution in [0, 0.1) is 10.1 Å². The van der Waals surface area contributed by atoms with Crippen LogP contribution in [-0.2, 0) is 19.7 Å². The highest BCUT2D eigenvalue weighted by molar-refractivity contribution is 5.96. The Labute approximate surface area is 121 Å². The number of hydrogen-bond acceptors (Lipinski definition) is 5. The number of nitrogens with zero attached hydrogens (tertiary/aromatic N) is 1. The smallest absolute Gasteiger partial charge is 0.320 e. The third-order valence-electron chi connectivity index (χ3n) is 3.55. The van der Waals surface area contributed by atoms with Crippen molar-refractivity contribution < 1.29 is 19.2 Å². The van der Waals surface area contributed by atoms with Gasteiger partial charge in [-0.15, -0.1) is 0 Å². The summed E-state index contributed by atoms with van der Waals surface area (Å²) in [6, 6.07) is 5.77. The Kier molecular flexibility index (Phi) is 4.16. The minimum atomic E-state index is -1.04.